The van der Waals surface area contributed by atoms with Crippen molar-refractivity contribution in [3.8, 4) is 0 Å². The number of benzene rings is 1. The Kier molecular flexibility index (Phi) is 6.09. The zero-order valence-electron chi connectivity index (χ0n) is 14.3. The summed E-state index contributed by atoms with van der Waals surface area (Å²) in [6.07, 6.45) is 0. The Morgan fingerprint density at radius 1 is 1.00 bits per heavy atom. The molecule has 0 aliphatic carbocycles. The number of amides is 2. The molecule has 0 aliphatic rings. The van der Waals surface area contributed by atoms with Gasteiger partial charge in [0.25, 0.3) is 5.91 Å². The molecule has 0 fully saturated rings. The molecule has 0 aromatic heterocycles. The molecule has 7 heteroatoms. The average molecular weight is 336 g/mol. The molecular formula is C17H24N2O5. The molecule has 0 saturated heterocycles. The van der Waals surface area contributed by atoms with Gasteiger partial charge in [0.1, 0.15) is 0 Å². The summed E-state index contributed by atoms with van der Waals surface area (Å²) in [5.41, 5.74) is -1.32. The third-order valence-corrected chi connectivity index (χ3v) is 3.40. The van der Waals surface area contributed by atoms with Gasteiger partial charge < -0.3 is 20.8 Å². The highest BCUT2D eigenvalue weighted by atomic mass is 16.4. The van der Waals surface area contributed by atoms with Crippen LogP contribution in [0.3, 0.4) is 0 Å². The maximum Gasteiger partial charge on any atom is 0.337 e. The van der Waals surface area contributed by atoms with Crippen molar-refractivity contribution in [3.05, 3.63) is 35.4 Å². The Hall–Kier alpha value is -2.41. The van der Waals surface area contributed by atoms with Crippen LogP contribution in [0.15, 0.2) is 24.3 Å². The lowest BCUT2D eigenvalue weighted by atomic mass is 9.95. The molecule has 1 aromatic carbocycles. The highest BCUT2D eigenvalue weighted by molar-refractivity contribution is 5.94. The minimum absolute atomic E-state index is 0.0692. The smallest absolute Gasteiger partial charge is 0.337 e. The molecule has 1 unspecified atom stereocenters. The van der Waals surface area contributed by atoms with Crippen molar-refractivity contribution >= 4 is 17.8 Å². The van der Waals surface area contributed by atoms with Gasteiger partial charge >= 0.3 is 5.97 Å². The number of carbonyl (C=O) groups is 3. The molecule has 7 nitrogen and oxygen atoms in total. The number of rotatable bonds is 6. The number of carboxylic acid groups (broad SMARTS) is 1. The van der Waals surface area contributed by atoms with Crippen LogP contribution < -0.4 is 10.6 Å². The van der Waals surface area contributed by atoms with E-state index in [4.69, 9.17) is 5.11 Å². The zero-order chi connectivity index (χ0) is 18.5. The molecule has 0 saturated carbocycles. The Morgan fingerprint density at radius 3 is 2.00 bits per heavy atom. The fourth-order valence-electron chi connectivity index (χ4n) is 1.65. The summed E-state index contributed by atoms with van der Waals surface area (Å²) in [7, 11) is 0. The maximum atomic E-state index is 11.9. The van der Waals surface area contributed by atoms with E-state index in [0.29, 0.717) is 12.1 Å². The molecular weight excluding hydrogens is 312 g/mol. The second-order valence-corrected chi connectivity index (χ2v) is 6.89. The largest absolute Gasteiger partial charge is 0.479 e. The lowest BCUT2D eigenvalue weighted by Gasteiger charge is -2.18. The Bertz CT molecular complexity index is 615. The van der Waals surface area contributed by atoms with Crippen molar-refractivity contribution in [2.45, 2.75) is 39.8 Å². The normalized spacial score (nSPS) is 13.7. The predicted molar refractivity (Wildman–Crippen MR) is 88.3 cm³/mol. The monoisotopic (exact) mass is 336 g/mol. The number of hydrogen-bond acceptors (Lipinski definition) is 4. The first kappa shape index (κ1) is 19.6. The van der Waals surface area contributed by atoms with Gasteiger partial charge in [0.05, 0.1) is 6.54 Å². The second kappa shape index (κ2) is 7.44. The van der Waals surface area contributed by atoms with Crippen LogP contribution >= 0.6 is 0 Å². The van der Waals surface area contributed by atoms with Crippen molar-refractivity contribution in [2.24, 2.45) is 5.41 Å². The third-order valence-electron chi connectivity index (χ3n) is 3.40. The minimum atomic E-state index is -2.02. The second-order valence-electron chi connectivity index (χ2n) is 6.89. The van der Waals surface area contributed by atoms with Crippen LogP contribution in [0.5, 0.6) is 0 Å². The molecule has 132 valence electrons. The number of carbonyl (C=O) groups excluding carboxylic acids is 2. The van der Waals surface area contributed by atoms with Gasteiger partial charge in [0.2, 0.25) is 5.91 Å². The fraction of sp³-hybridized carbons (Fsp3) is 0.471. The van der Waals surface area contributed by atoms with Crippen molar-refractivity contribution < 1.29 is 24.6 Å². The van der Waals surface area contributed by atoms with Crippen molar-refractivity contribution in [2.75, 3.05) is 6.54 Å². The van der Waals surface area contributed by atoms with Crippen LogP contribution in [0.25, 0.3) is 0 Å². The lowest BCUT2D eigenvalue weighted by Crippen LogP contribution is -2.46. The van der Waals surface area contributed by atoms with E-state index in [1.807, 2.05) is 20.8 Å². The summed E-state index contributed by atoms with van der Waals surface area (Å²) in [6.45, 7) is 6.53. The van der Waals surface area contributed by atoms with Gasteiger partial charge in [0.15, 0.2) is 5.60 Å². The Labute approximate surface area is 141 Å². The van der Waals surface area contributed by atoms with Crippen LogP contribution in [-0.4, -0.2) is 40.1 Å². The Balaban J connectivity index is 2.59. The Morgan fingerprint density at radius 2 is 1.54 bits per heavy atom. The summed E-state index contributed by atoms with van der Waals surface area (Å²) < 4.78 is 0. The number of hydrogen-bond donors (Lipinski definition) is 4. The van der Waals surface area contributed by atoms with Gasteiger partial charge in [-0.1, -0.05) is 32.9 Å². The highest BCUT2D eigenvalue weighted by Gasteiger charge is 2.30. The third kappa shape index (κ3) is 5.66. The van der Waals surface area contributed by atoms with Crippen LogP contribution in [0.2, 0.25) is 0 Å². The predicted octanol–water partition coefficient (Wildman–Crippen LogP) is 0.914. The summed E-state index contributed by atoms with van der Waals surface area (Å²) in [5, 5.41) is 23.5. The summed E-state index contributed by atoms with van der Waals surface area (Å²) in [6, 6.07) is 6.55. The SMILES string of the molecule is CC(C)(C)C(=O)NCc1ccc(C(=O)NCC(C)(O)C(=O)O)cc1. The van der Waals surface area contributed by atoms with Crippen LogP contribution in [0, 0.1) is 5.41 Å². The maximum absolute atomic E-state index is 11.9. The molecule has 2 amide bonds. The van der Waals surface area contributed by atoms with Crippen molar-refractivity contribution in [1.82, 2.24) is 10.6 Å². The van der Waals surface area contributed by atoms with E-state index < -0.39 is 29.4 Å². The van der Waals surface area contributed by atoms with Gasteiger partial charge in [-0.25, -0.2) is 4.79 Å². The van der Waals surface area contributed by atoms with Gasteiger partial charge in [-0.2, -0.15) is 0 Å². The molecule has 0 radical (unpaired) electrons. The van der Waals surface area contributed by atoms with Crippen molar-refractivity contribution in [1.29, 1.82) is 0 Å². The first-order chi connectivity index (χ1) is 10.9. The first-order valence-corrected chi connectivity index (χ1v) is 7.55. The number of nitrogens with one attached hydrogen (secondary N) is 2. The lowest BCUT2D eigenvalue weighted by molar-refractivity contribution is -0.155. The minimum Gasteiger partial charge on any atom is -0.479 e. The van der Waals surface area contributed by atoms with E-state index >= 15 is 0 Å². The molecule has 24 heavy (non-hydrogen) atoms. The highest BCUT2D eigenvalue weighted by Crippen LogP contribution is 2.13. The molecule has 0 bridgehead atoms. The van der Waals surface area contributed by atoms with Crippen LogP contribution in [-0.2, 0) is 16.1 Å². The number of carboxylic acids is 1. The van der Waals surface area contributed by atoms with E-state index in [1.54, 1.807) is 24.3 Å². The van der Waals surface area contributed by atoms with Crippen LogP contribution in [0.4, 0.5) is 0 Å². The average Bonchev–Trinajstić information content (AvgIpc) is 2.49. The van der Waals surface area contributed by atoms with E-state index in [9.17, 15) is 19.5 Å². The molecule has 1 aromatic rings. The molecule has 0 spiro atoms. The fourth-order valence-corrected chi connectivity index (χ4v) is 1.65. The molecule has 1 atom stereocenters. The summed E-state index contributed by atoms with van der Waals surface area (Å²) in [4.78, 5) is 34.5. The zero-order valence-corrected chi connectivity index (χ0v) is 14.3. The number of aliphatic hydroxyl groups is 1. The first-order valence-electron chi connectivity index (χ1n) is 7.55. The van der Waals surface area contributed by atoms with Crippen LogP contribution in [0.1, 0.15) is 43.6 Å². The van der Waals surface area contributed by atoms with E-state index in [2.05, 4.69) is 10.6 Å². The number of aliphatic carboxylic acids is 1. The van der Waals surface area contributed by atoms with Gasteiger partial charge in [-0.15, -0.1) is 0 Å². The van der Waals surface area contributed by atoms with Gasteiger partial charge in [-0.3, -0.25) is 9.59 Å². The van der Waals surface area contributed by atoms with E-state index in [-0.39, 0.29) is 5.91 Å². The quantitative estimate of drug-likeness (QED) is 0.616. The molecule has 0 heterocycles. The summed E-state index contributed by atoms with van der Waals surface area (Å²) >= 11 is 0. The standard InChI is InChI=1S/C17H24N2O5/c1-16(2,3)14(21)18-9-11-5-7-12(8-6-11)13(20)19-10-17(4,24)15(22)23/h5-8,24H,9-10H2,1-4H3,(H,18,21)(H,19,20)(H,22,23). The molecule has 0 aliphatic heterocycles. The molecule has 4 N–H and O–H groups in total. The van der Waals surface area contributed by atoms with E-state index in [0.717, 1.165) is 12.5 Å². The van der Waals surface area contributed by atoms with Gasteiger partial charge in [-0.05, 0) is 24.6 Å². The summed E-state index contributed by atoms with van der Waals surface area (Å²) in [5.74, 6) is -1.96. The van der Waals surface area contributed by atoms with Gasteiger partial charge in [0, 0.05) is 17.5 Å². The topological polar surface area (TPSA) is 116 Å². The van der Waals surface area contributed by atoms with E-state index in [1.165, 1.54) is 0 Å². The molecule has 1 rings (SSSR count). The van der Waals surface area contributed by atoms with Crippen molar-refractivity contribution in [3.63, 3.8) is 0 Å².